The molecule has 0 spiro atoms. The van der Waals surface area contributed by atoms with Crippen molar-refractivity contribution >= 4 is 17.5 Å². The third-order valence-electron chi connectivity index (χ3n) is 3.13. The molecular formula is C13H17N3O3. The van der Waals surface area contributed by atoms with Crippen LogP contribution in [0.2, 0.25) is 0 Å². The van der Waals surface area contributed by atoms with Crippen molar-refractivity contribution in [1.29, 1.82) is 0 Å². The van der Waals surface area contributed by atoms with Crippen LogP contribution < -0.4 is 16.8 Å². The largest absolute Gasteiger partial charge is 0.379 e. The Labute approximate surface area is 111 Å². The molecule has 1 unspecified atom stereocenters. The number of ether oxygens (including phenoxy) is 1. The summed E-state index contributed by atoms with van der Waals surface area (Å²) in [4.78, 5) is 23.1. The maximum atomic E-state index is 12.1. The summed E-state index contributed by atoms with van der Waals surface area (Å²) < 4.78 is 5.15. The molecule has 6 nitrogen and oxygen atoms in total. The average Bonchev–Trinajstić information content (AvgIpc) is 2.79. The van der Waals surface area contributed by atoms with E-state index in [0.29, 0.717) is 24.3 Å². The zero-order valence-corrected chi connectivity index (χ0v) is 10.5. The molecule has 2 rings (SSSR count). The van der Waals surface area contributed by atoms with Crippen molar-refractivity contribution in [2.75, 3.05) is 18.5 Å². The molecule has 1 aliphatic rings. The van der Waals surface area contributed by atoms with Gasteiger partial charge in [-0.05, 0) is 18.1 Å². The van der Waals surface area contributed by atoms with Crippen LogP contribution in [0.15, 0.2) is 24.3 Å². The number of amides is 2. The van der Waals surface area contributed by atoms with Gasteiger partial charge in [-0.15, -0.1) is 0 Å². The lowest BCUT2D eigenvalue weighted by molar-refractivity contribution is -0.121. The molecule has 0 bridgehead atoms. The van der Waals surface area contributed by atoms with Crippen LogP contribution in [0.5, 0.6) is 0 Å². The number of hydrogen-bond donors (Lipinski definition) is 3. The van der Waals surface area contributed by atoms with Crippen molar-refractivity contribution in [3.63, 3.8) is 0 Å². The van der Waals surface area contributed by atoms with Gasteiger partial charge in [0.05, 0.1) is 13.0 Å². The molecule has 1 atom stereocenters. The zero-order valence-electron chi connectivity index (χ0n) is 10.5. The summed E-state index contributed by atoms with van der Waals surface area (Å²) in [6, 6.07) is 7.02. The Kier molecular flexibility index (Phi) is 3.82. The van der Waals surface area contributed by atoms with Crippen molar-refractivity contribution in [1.82, 2.24) is 0 Å². The first-order valence-corrected chi connectivity index (χ1v) is 6.05. The summed E-state index contributed by atoms with van der Waals surface area (Å²) in [6.07, 6.45) is 0.557. The van der Waals surface area contributed by atoms with Gasteiger partial charge in [0.1, 0.15) is 5.54 Å². The molecule has 0 aliphatic carbocycles. The fraction of sp³-hybridized carbons (Fsp3) is 0.385. The minimum atomic E-state index is -1.00. The van der Waals surface area contributed by atoms with E-state index in [1.807, 2.05) is 0 Å². The molecule has 19 heavy (non-hydrogen) atoms. The van der Waals surface area contributed by atoms with Gasteiger partial charge in [0.15, 0.2) is 0 Å². The summed E-state index contributed by atoms with van der Waals surface area (Å²) in [6.45, 7) is 0.684. The van der Waals surface area contributed by atoms with Gasteiger partial charge in [-0.1, -0.05) is 18.2 Å². The first-order chi connectivity index (χ1) is 9.01. The molecule has 102 valence electrons. The fourth-order valence-corrected chi connectivity index (χ4v) is 1.99. The van der Waals surface area contributed by atoms with Crippen molar-refractivity contribution in [3.8, 4) is 0 Å². The highest BCUT2D eigenvalue weighted by Crippen LogP contribution is 2.21. The molecule has 0 radical (unpaired) electrons. The summed E-state index contributed by atoms with van der Waals surface area (Å²) in [7, 11) is 0. The van der Waals surface area contributed by atoms with Crippen LogP contribution >= 0.6 is 0 Å². The molecule has 0 aromatic heterocycles. The molecule has 6 heteroatoms. The van der Waals surface area contributed by atoms with E-state index in [4.69, 9.17) is 16.2 Å². The highest BCUT2D eigenvalue weighted by atomic mass is 16.5. The van der Waals surface area contributed by atoms with E-state index in [-0.39, 0.29) is 18.9 Å². The van der Waals surface area contributed by atoms with Gasteiger partial charge in [0.2, 0.25) is 11.8 Å². The predicted molar refractivity (Wildman–Crippen MR) is 70.3 cm³/mol. The fourth-order valence-electron chi connectivity index (χ4n) is 1.99. The van der Waals surface area contributed by atoms with Crippen molar-refractivity contribution in [3.05, 3.63) is 29.8 Å². The summed E-state index contributed by atoms with van der Waals surface area (Å²) in [5.41, 5.74) is 11.4. The van der Waals surface area contributed by atoms with E-state index < -0.39 is 11.4 Å². The molecule has 5 N–H and O–H groups in total. The lowest BCUT2D eigenvalue weighted by Gasteiger charge is -2.21. The Hall–Kier alpha value is -1.92. The highest BCUT2D eigenvalue weighted by molar-refractivity contribution is 5.99. The number of nitrogens with two attached hydrogens (primary N) is 2. The van der Waals surface area contributed by atoms with Crippen LogP contribution in [0.1, 0.15) is 12.0 Å². The monoisotopic (exact) mass is 263 g/mol. The maximum Gasteiger partial charge on any atom is 0.246 e. The van der Waals surface area contributed by atoms with Crippen LogP contribution in [0.25, 0.3) is 0 Å². The van der Waals surface area contributed by atoms with Gasteiger partial charge >= 0.3 is 0 Å². The average molecular weight is 263 g/mol. The van der Waals surface area contributed by atoms with E-state index in [1.54, 1.807) is 24.3 Å². The number of hydrogen-bond acceptors (Lipinski definition) is 4. The molecule has 2 amide bonds. The Morgan fingerprint density at radius 2 is 2.11 bits per heavy atom. The van der Waals surface area contributed by atoms with Crippen LogP contribution in [0.4, 0.5) is 5.69 Å². The number of carbonyl (C=O) groups is 2. The standard InChI is InChI=1S/C13H17N3O3/c14-11(17)7-9-3-1-2-4-10(9)16-12(18)13(15)5-6-19-8-13/h1-4H,5-8,15H2,(H2,14,17)(H,16,18). The van der Waals surface area contributed by atoms with E-state index in [2.05, 4.69) is 5.32 Å². The Morgan fingerprint density at radius 3 is 2.74 bits per heavy atom. The number of nitrogens with one attached hydrogen (secondary N) is 1. The molecule has 0 saturated carbocycles. The van der Waals surface area contributed by atoms with Gasteiger partial charge in [-0.3, -0.25) is 9.59 Å². The Morgan fingerprint density at radius 1 is 1.37 bits per heavy atom. The predicted octanol–water partition coefficient (Wildman–Crippen LogP) is -0.229. The number of benzene rings is 1. The van der Waals surface area contributed by atoms with Crippen LogP contribution in [-0.2, 0) is 20.7 Å². The molecule has 1 aliphatic heterocycles. The zero-order chi connectivity index (χ0) is 13.9. The number of anilines is 1. The second kappa shape index (κ2) is 5.38. The van der Waals surface area contributed by atoms with Crippen LogP contribution in [0, 0.1) is 0 Å². The lowest BCUT2D eigenvalue weighted by atomic mass is 9.98. The van der Waals surface area contributed by atoms with E-state index >= 15 is 0 Å². The molecule has 1 fully saturated rings. The second-order valence-electron chi connectivity index (χ2n) is 4.71. The Bertz CT molecular complexity index is 496. The van der Waals surface area contributed by atoms with Crippen LogP contribution in [-0.4, -0.2) is 30.6 Å². The van der Waals surface area contributed by atoms with Gasteiger partial charge < -0.3 is 21.5 Å². The van der Waals surface area contributed by atoms with E-state index in [0.717, 1.165) is 0 Å². The van der Waals surface area contributed by atoms with Crippen LogP contribution in [0.3, 0.4) is 0 Å². The van der Waals surface area contributed by atoms with Gasteiger partial charge in [-0.25, -0.2) is 0 Å². The van der Waals surface area contributed by atoms with Gasteiger partial charge in [0.25, 0.3) is 0 Å². The van der Waals surface area contributed by atoms with Crippen molar-refractivity contribution in [2.45, 2.75) is 18.4 Å². The highest BCUT2D eigenvalue weighted by Gasteiger charge is 2.38. The Balaban J connectivity index is 2.14. The third kappa shape index (κ3) is 3.10. The minimum Gasteiger partial charge on any atom is -0.379 e. The molecule has 1 heterocycles. The first-order valence-electron chi connectivity index (χ1n) is 6.05. The summed E-state index contributed by atoms with van der Waals surface area (Å²) in [5.74, 6) is -0.754. The molecule has 1 aromatic carbocycles. The SMILES string of the molecule is NC(=O)Cc1ccccc1NC(=O)C1(N)CCOC1. The smallest absolute Gasteiger partial charge is 0.246 e. The first kappa shape index (κ1) is 13.5. The number of primary amides is 1. The molecule has 1 aromatic rings. The molecule has 1 saturated heterocycles. The topological polar surface area (TPSA) is 107 Å². The lowest BCUT2D eigenvalue weighted by Crippen LogP contribution is -2.51. The number of para-hydroxylation sites is 1. The van der Waals surface area contributed by atoms with Gasteiger partial charge in [0, 0.05) is 12.3 Å². The normalized spacial score (nSPS) is 22.2. The number of carbonyl (C=O) groups excluding carboxylic acids is 2. The van der Waals surface area contributed by atoms with Crippen molar-refractivity contribution in [2.24, 2.45) is 11.5 Å². The van der Waals surface area contributed by atoms with Crippen molar-refractivity contribution < 1.29 is 14.3 Å². The van der Waals surface area contributed by atoms with E-state index in [9.17, 15) is 9.59 Å². The number of rotatable bonds is 4. The second-order valence-corrected chi connectivity index (χ2v) is 4.71. The van der Waals surface area contributed by atoms with E-state index in [1.165, 1.54) is 0 Å². The molecular weight excluding hydrogens is 246 g/mol. The third-order valence-corrected chi connectivity index (χ3v) is 3.13. The summed E-state index contributed by atoms with van der Waals surface area (Å²) >= 11 is 0. The maximum absolute atomic E-state index is 12.1. The quantitative estimate of drug-likeness (QED) is 0.697. The minimum absolute atomic E-state index is 0.0739. The summed E-state index contributed by atoms with van der Waals surface area (Å²) in [5, 5.41) is 2.75. The van der Waals surface area contributed by atoms with Gasteiger partial charge in [-0.2, -0.15) is 0 Å².